The molecule has 0 saturated carbocycles. The molecule has 0 spiro atoms. The number of hydrogen-bond donors (Lipinski definition) is 0. The van der Waals surface area contributed by atoms with E-state index in [1.54, 1.807) is 22.4 Å². The summed E-state index contributed by atoms with van der Waals surface area (Å²) in [5.41, 5.74) is 4.28. The highest BCUT2D eigenvalue weighted by Gasteiger charge is 2.19. The molecule has 1 aromatic carbocycles. The summed E-state index contributed by atoms with van der Waals surface area (Å²) in [4.78, 5) is 11.5. The number of rotatable bonds is 3. The molecule has 0 aliphatic heterocycles. The van der Waals surface area contributed by atoms with Gasteiger partial charge < -0.3 is 4.74 Å². The Morgan fingerprint density at radius 2 is 2.00 bits per heavy atom. The fraction of sp³-hybridized carbons (Fsp3) is 0.188. The van der Waals surface area contributed by atoms with Crippen molar-refractivity contribution in [1.82, 2.24) is 29.6 Å². The molecule has 0 aliphatic carbocycles. The molecule has 0 atom stereocenters. The zero-order valence-electron chi connectivity index (χ0n) is 13.2. The smallest absolute Gasteiger partial charge is 0.311 e. The van der Waals surface area contributed by atoms with Crippen molar-refractivity contribution in [3.8, 4) is 11.1 Å². The maximum absolute atomic E-state index is 11.5. The van der Waals surface area contributed by atoms with Gasteiger partial charge in [0.1, 0.15) is 5.69 Å². The van der Waals surface area contributed by atoms with Gasteiger partial charge in [0.2, 0.25) is 0 Å². The molecule has 3 heterocycles. The van der Waals surface area contributed by atoms with Gasteiger partial charge in [0.15, 0.2) is 16.8 Å². The maximum atomic E-state index is 11.5. The van der Waals surface area contributed by atoms with Crippen LogP contribution >= 0.6 is 0 Å². The number of hydrogen-bond acceptors (Lipinski definition) is 6. The van der Waals surface area contributed by atoms with E-state index in [1.807, 2.05) is 30.3 Å². The van der Waals surface area contributed by atoms with Crippen LogP contribution in [0.15, 0.2) is 36.5 Å². The van der Waals surface area contributed by atoms with Crippen LogP contribution in [0.25, 0.3) is 27.9 Å². The van der Waals surface area contributed by atoms with Crippen molar-refractivity contribution in [3.63, 3.8) is 0 Å². The third-order valence-electron chi connectivity index (χ3n) is 3.88. The Morgan fingerprint density at radius 3 is 2.75 bits per heavy atom. The summed E-state index contributed by atoms with van der Waals surface area (Å²) in [6.45, 7) is 0. The van der Waals surface area contributed by atoms with Crippen LogP contribution in [0, 0.1) is 0 Å². The molecule has 8 nitrogen and oxygen atoms in total. The summed E-state index contributed by atoms with van der Waals surface area (Å²) in [5, 5.41) is 17.4. The summed E-state index contributed by atoms with van der Waals surface area (Å²) in [5.74, 6) is -0.373. The van der Waals surface area contributed by atoms with Gasteiger partial charge in [-0.05, 0) is 5.56 Å². The second kappa shape index (κ2) is 5.41. The van der Waals surface area contributed by atoms with E-state index in [0.717, 1.165) is 11.1 Å². The van der Waals surface area contributed by atoms with E-state index in [2.05, 4.69) is 20.4 Å². The molecule has 24 heavy (non-hydrogen) atoms. The summed E-state index contributed by atoms with van der Waals surface area (Å²) < 4.78 is 8.05. The van der Waals surface area contributed by atoms with Crippen LogP contribution in [-0.2, 0) is 23.0 Å². The van der Waals surface area contributed by atoms with Crippen molar-refractivity contribution < 1.29 is 9.53 Å². The van der Waals surface area contributed by atoms with Crippen LogP contribution in [0.3, 0.4) is 0 Å². The Bertz CT molecular complexity index is 1050. The Labute approximate surface area is 136 Å². The zero-order valence-corrected chi connectivity index (χ0v) is 13.2. The third-order valence-corrected chi connectivity index (χ3v) is 3.88. The molecule has 4 aromatic rings. The number of methoxy groups -OCH3 is 1. The molecule has 0 amide bonds. The number of esters is 1. The molecular weight excluding hydrogens is 308 g/mol. The third kappa shape index (κ3) is 2.11. The van der Waals surface area contributed by atoms with Gasteiger partial charge in [-0.25, -0.2) is 4.68 Å². The average molecular weight is 322 g/mol. The number of carbonyl (C=O) groups is 1. The lowest BCUT2D eigenvalue weighted by molar-refractivity contribution is -0.139. The SMILES string of the molecule is COC(=O)Cc1nn(C)c2c1nnc1c(-c3ccccc3)cnn12. The molecule has 0 aliphatic rings. The predicted molar refractivity (Wildman–Crippen MR) is 86.2 cm³/mol. The maximum Gasteiger partial charge on any atom is 0.311 e. The molecule has 0 unspecified atom stereocenters. The minimum atomic E-state index is -0.373. The average Bonchev–Trinajstić information content (AvgIpc) is 3.17. The van der Waals surface area contributed by atoms with Crippen LogP contribution in [0.1, 0.15) is 5.69 Å². The lowest BCUT2D eigenvalue weighted by Gasteiger charge is -2.00. The minimum absolute atomic E-state index is 0.0425. The number of ether oxygens (including phenoxy) is 1. The lowest BCUT2D eigenvalue weighted by atomic mass is 10.1. The molecule has 0 bridgehead atoms. The topological polar surface area (TPSA) is 87.2 Å². The lowest BCUT2D eigenvalue weighted by Crippen LogP contribution is -2.06. The summed E-state index contributed by atoms with van der Waals surface area (Å²) in [6, 6.07) is 9.87. The van der Waals surface area contributed by atoms with Gasteiger partial charge in [-0.3, -0.25) is 4.79 Å². The van der Waals surface area contributed by atoms with E-state index < -0.39 is 0 Å². The summed E-state index contributed by atoms with van der Waals surface area (Å²) >= 11 is 0. The Morgan fingerprint density at radius 1 is 1.21 bits per heavy atom. The monoisotopic (exact) mass is 322 g/mol. The van der Waals surface area contributed by atoms with Crippen molar-refractivity contribution >= 4 is 22.8 Å². The van der Waals surface area contributed by atoms with Gasteiger partial charge in [-0.1, -0.05) is 30.3 Å². The van der Waals surface area contributed by atoms with E-state index in [-0.39, 0.29) is 12.4 Å². The van der Waals surface area contributed by atoms with Crippen LogP contribution in [0.5, 0.6) is 0 Å². The molecule has 0 saturated heterocycles. The molecule has 3 aromatic heterocycles. The number of fused-ring (bicyclic) bond motifs is 3. The molecule has 0 fully saturated rings. The van der Waals surface area contributed by atoms with Crippen LogP contribution < -0.4 is 0 Å². The molecule has 120 valence electrons. The summed E-state index contributed by atoms with van der Waals surface area (Å²) in [7, 11) is 3.13. The molecule has 0 N–H and O–H groups in total. The Hall–Kier alpha value is -3.29. The second-order valence-electron chi connectivity index (χ2n) is 5.36. The highest BCUT2D eigenvalue weighted by Crippen LogP contribution is 2.25. The van der Waals surface area contributed by atoms with Crippen molar-refractivity contribution in [2.24, 2.45) is 7.05 Å². The first-order chi connectivity index (χ1) is 11.7. The highest BCUT2D eigenvalue weighted by molar-refractivity contribution is 5.84. The molecule has 0 radical (unpaired) electrons. The first-order valence-corrected chi connectivity index (χ1v) is 7.37. The van der Waals surface area contributed by atoms with Gasteiger partial charge in [0, 0.05) is 12.6 Å². The largest absolute Gasteiger partial charge is 0.469 e. The van der Waals surface area contributed by atoms with Gasteiger partial charge in [-0.15, -0.1) is 10.2 Å². The van der Waals surface area contributed by atoms with E-state index in [4.69, 9.17) is 4.74 Å². The molecule has 8 heteroatoms. The van der Waals surface area contributed by atoms with Gasteiger partial charge in [-0.2, -0.15) is 14.7 Å². The van der Waals surface area contributed by atoms with Gasteiger partial charge >= 0.3 is 5.97 Å². The fourth-order valence-corrected chi connectivity index (χ4v) is 2.74. The normalized spacial score (nSPS) is 11.2. The number of aromatic nitrogens is 6. The standard InChI is InChI=1S/C16H14N6O2/c1-21-16-14(12(20-21)8-13(23)24-2)18-19-15-11(9-17-22(15)16)10-6-4-3-5-7-10/h3-7,9H,8H2,1-2H3. The number of aryl methyl sites for hydroxylation is 1. The van der Waals surface area contributed by atoms with Gasteiger partial charge in [0.05, 0.1) is 19.7 Å². The van der Waals surface area contributed by atoms with Gasteiger partial charge in [0.25, 0.3) is 0 Å². The van der Waals surface area contributed by atoms with Crippen LogP contribution in [-0.4, -0.2) is 42.7 Å². The van der Waals surface area contributed by atoms with E-state index >= 15 is 0 Å². The number of benzene rings is 1. The van der Waals surface area contributed by atoms with Crippen molar-refractivity contribution in [2.75, 3.05) is 7.11 Å². The first-order valence-electron chi connectivity index (χ1n) is 7.37. The Kier molecular flexibility index (Phi) is 3.23. The second-order valence-corrected chi connectivity index (χ2v) is 5.36. The number of nitrogens with zero attached hydrogens (tertiary/aromatic N) is 6. The van der Waals surface area contributed by atoms with E-state index in [0.29, 0.717) is 22.5 Å². The Balaban J connectivity index is 1.93. The van der Waals surface area contributed by atoms with Crippen molar-refractivity contribution in [3.05, 3.63) is 42.2 Å². The van der Waals surface area contributed by atoms with E-state index in [9.17, 15) is 4.79 Å². The predicted octanol–water partition coefficient (Wildman–Crippen LogP) is 1.39. The molecular formula is C16H14N6O2. The molecule has 4 rings (SSSR count). The summed E-state index contributed by atoms with van der Waals surface area (Å²) in [6.07, 6.45) is 1.80. The quantitative estimate of drug-likeness (QED) is 0.530. The fourth-order valence-electron chi connectivity index (χ4n) is 2.74. The van der Waals surface area contributed by atoms with Crippen molar-refractivity contribution in [2.45, 2.75) is 6.42 Å². The van der Waals surface area contributed by atoms with Crippen LogP contribution in [0.4, 0.5) is 0 Å². The van der Waals surface area contributed by atoms with Crippen molar-refractivity contribution in [1.29, 1.82) is 0 Å². The van der Waals surface area contributed by atoms with E-state index in [1.165, 1.54) is 7.11 Å². The van der Waals surface area contributed by atoms with Crippen LogP contribution in [0.2, 0.25) is 0 Å². The zero-order chi connectivity index (χ0) is 16.7. The first kappa shape index (κ1) is 14.3. The highest BCUT2D eigenvalue weighted by atomic mass is 16.5. The number of carbonyl (C=O) groups excluding carboxylic acids is 1. The minimum Gasteiger partial charge on any atom is -0.469 e.